The zero-order chi connectivity index (χ0) is 21.7. The van der Waals surface area contributed by atoms with Gasteiger partial charge in [-0.2, -0.15) is 13.2 Å². The quantitative estimate of drug-likeness (QED) is 0.735. The molecule has 1 unspecified atom stereocenters. The summed E-state index contributed by atoms with van der Waals surface area (Å²) in [6.45, 7) is 0.603. The van der Waals surface area contributed by atoms with Crippen LogP contribution in [0, 0.1) is 0 Å². The van der Waals surface area contributed by atoms with Crippen molar-refractivity contribution < 1.29 is 27.5 Å². The van der Waals surface area contributed by atoms with Gasteiger partial charge >= 0.3 is 12.2 Å². The Hall–Kier alpha value is -3.23. The zero-order valence-corrected chi connectivity index (χ0v) is 16.3. The Labute approximate surface area is 172 Å². The number of hydrogen-bond acceptors (Lipinski definition) is 3. The fourth-order valence-electron chi connectivity index (χ4n) is 3.28. The summed E-state index contributed by atoms with van der Waals surface area (Å²) in [6.07, 6.45) is -3.42. The molecule has 2 aromatic carbocycles. The van der Waals surface area contributed by atoms with Crippen molar-refractivity contribution in [3.63, 3.8) is 0 Å². The molecule has 0 aliphatic carbocycles. The molecule has 9 heteroatoms. The lowest BCUT2D eigenvalue weighted by Gasteiger charge is -2.26. The highest BCUT2D eigenvalue weighted by Gasteiger charge is 2.32. The molecular formula is C21H22F3N3O3. The summed E-state index contributed by atoms with van der Waals surface area (Å²) < 4.78 is 44.5. The van der Waals surface area contributed by atoms with E-state index in [1.807, 2.05) is 0 Å². The van der Waals surface area contributed by atoms with Crippen molar-refractivity contribution in [3.05, 3.63) is 59.7 Å². The maximum Gasteiger partial charge on any atom is 0.416 e. The Kier molecular flexibility index (Phi) is 6.49. The SMILES string of the molecule is COc1ccc(NC(=O)NC(CN2CCCC2=O)c2cccc(C(F)(F)F)c2)cc1. The van der Waals surface area contributed by atoms with Crippen LogP contribution in [0.4, 0.5) is 23.7 Å². The molecule has 6 nitrogen and oxygen atoms in total. The first-order chi connectivity index (χ1) is 14.3. The number of nitrogens with zero attached hydrogens (tertiary/aromatic N) is 1. The van der Waals surface area contributed by atoms with Crippen LogP contribution in [0.2, 0.25) is 0 Å². The lowest BCUT2D eigenvalue weighted by Crippen LogP contribution is -2.40. The average molecular weight is 421 g/mol. The summed E-state index contributed by atoms with van der Waals surface area (Å²) in [7, 11) is 1.52. The molecule has 3 rings (SSSR count). The van der Waals surface area contributed by atoms with Crippen molar-refractivity contribution in [1.82, 2.24) is 10.2 Å². The lowest BCUT2D eigenvalue weighted by molar-refractivity contribution is -0.137. The summed E-state index contributed by atoms with van der Waals surface area (Å²) in [5.74, 6) is 0.541. The largest absolute Gasteiger partial charge is 0.497 e. The zero-order valence-electron chi connectivity index (χ0n) is 16.3. The second-order valence-electron chi connectivity index (χ2n) is 6.95. The average Bonchev–Trinajstić information content (AvgIpc) is 3.12. The number of ether oxygens (including phenoxy) is 1. The second-order valence-corrected chi connectivity index (χ2v) is 6.95. The van der Waals surface area contributed by atoms with Crippen LogP contribution in [0.25, 0.3) is 0 Å². The third kappa shape index (κ3) is 5.43. The normalized spacial score (nSPS) is 15.1. The summed E-state index contributed by atoms with van der Waals surface area (Å²) in [5, 5.41) is 5.34. The van der Waals surface area contributed by atoms with Crippen LogP contribution in [0.3, 0.4) is 0 Å². The molecule has 0 saturated carbocycles. The van der Waals surface area contributed by atoms with E-state index in [9.17, 15) is 22.8 Å². The van der Waals surface area contributed by atoms with E-state index < -0.39 is 23.8 Å². The van der Waals surface area contributed by atoms with Crippen molar-refractivity contribution in [2.24, 2.45) is 0 Å². The fraction of sp³-hybridized carbons (Fsp3) is 0.333. The number of carbonyl (C=O) groups excluding carboxylic acids is 2. The molecule has 0 bridgehead atoms. The molecule has 0 radical (unpaired) electrons. The van der Waals surface area contributed by atoms with Crippen LogP contribution < -0.4 is 15.4 Å². The van der Waals surface area contributed by atoms with Crippen molar-refractivity contribution in [2.45, 2.75) is 25.1 Å². The first kappa shape index (κ1) is 21.5. The van der Waals surface area contributed by atoms with Gasteiger partial charge in [0, 0.05) is 25.2 Å². The van der Waals surface area contributed by atoms with E-state index in [0.717, 1.165) is 12.1 Å². The predicted octanol–water partition coefficient (Wildman–Crippen LogP) is 4.20. The summed E-state index contributed by atoms with van der Waals surface area (Å²) in [5.41, 5.74) is -0.0436. The highest BCUT2D eigenvalue weighted by Crippen LogP contribution is 2.31. The van der Waals surface area contributed by atoms with Gasteiger partial charge in [-0.25, -0.2) is 4.79 Å². The standard InChI is InChI=1S/C21H22F3N3O3/c1-30-17-9-7-16(8-10-17)25-20(29)26-18(13-27-11-3-6-19(27)28)14-4-2-5-15(12-14)21(22,23)24/h2,4-5,7-10,12,18H,3,6,11,13H2,1H3,(H2,25,26,29). The number of alkyl halides is 3. The van der Waals surface area contributed by atoms with E-state index in [1.165, 1.54) is 19.2 Å². The highest BCUT2D eigenvalue weighted by molar-refractivity contribution is 5.89. The molecule has 1 fully saturated rings. The van der Waals surface area contributed by atoms with Gasteiger partial charge in [0.05, 0.1) is 18.7 Å². The number of carbonyl (C=O) groups is 2. The first-order valence-electron chi connectivity index (χ1n) is 9.43. The molecule has 1 aliphatic rings. The third-order valence-electron chi connectivity index (χ3n) is 4.84. The minimum Gasteiger partial charge on any atom is -0.497 e. The molecule has 0 spiro atoms. The molecule has 1 heterocycles. The van der Waals surface area contributed by atoms with Crippen molar-refractivity contribution >= 4 is 17.6 Å². The van der Waals surface area contributed by atoms with E-state index in [4.69, 9.17) is 4.74 Å². The molecule has 3 amide bonds. The highest BCUT2D eigenvalue weighted by atomic mass is 19.4. The third-order valence-corrected chi connectivity index (χ3v) is 4.84. The maximum atomic E-state index is 13.1. The van der Waals surface area contributed by atoms with E-state index in [2.05, 4.69) is 10.6 Å². The van der Waals surface area contributed by atoms with Gasteiger partial charge < -0.3 is 20.3 Å². The molecule has 30 heavy (non-hydrogen) atoms. The molecule has 1 aliphatic heterocycles. The Bertz CT molecular complexity index is 900. The fourth-order valence-corrected chi connectivity index (χ4v) is 3.28. The number of rotatable bonds is 6. The number of benzene rings is 2. The minimum atomic E-state index is -4.50. The first-order valence-corrected chi connectivity index (χ1v) is 9.43. The summed E-state index contributed by atoms with van der Waals surface area (Å²) in [4.78, 5) is 26.1. The van der Waals surface area contributed by atoms with Gasteiger partial charge in [0.15, 0.2) is 0 Å². The van der Waals surface area contributed by atoms with Crippen LogP contribution >= 0.6 is 0 Å². The van der Waals surface area contributed by atoms with E-state index in [-0.39, 0.29) is 18.0 Å². The van der Waals surface area contributed by atoms with Crippen molar-refractivity contribution in [3.8, 4) is 5.75 Å². The molecular weight excluding hydrogens is 399 g/mol. The summed E-state index contributed by atoms with van der Waals surface area (Å²) in [6, 6.07) is 10.0. The van der Waals surface area contributed by atoms with Gasteiger partial charge in [0.2, 0.25) is 5.91 Å². The number of anilines is 1. The smallest absolute Gasteiger partial charge is 0.416 e. The Morgan fingerprint density at radius 2 is 1.93 bits per heavy atom. The monoisotopic (exact) mass is 421 g/mol. The van der Waals surface area contributed by atoms with Crippen LogP contribution in [0.15, 0.2) is 48.5 Å². The van der Waals surface area contributed by atoms with Crippen LogP contribution in [-0.4, -0.2) is 37.0 Å². The predicted molar refractivity (Wildman–Crippen MR) is 105 cm³/mol. The summed E-state index contributed by atoms with van der Waals surface area (Å²) >= 11 is 0. The number of likely N-dealkylation sites (tertiary alicyclic amines) is 1. The van der Waals surface area contributed by atoms with Gasteiger partial charge in [-0.3, -0.25) is 4.79 Å². The Morgan fingerprint density at radius 3 is 2.53 bits per heavy atom. The molecule has 0 aromatic heterocycles. The van der Waals surface area contributed by atoms with Crippen molar-refractivity contribution in [2.75, 3.05) is 25.5 Å². The molecule has 2 N–H and O–H groups in total. The number of methoxy groups -OCH3 is 1. The molecule has 2 aromatic rings. The van der Waals surface area contributed by atoms with Gasteiger partial charge in [0.25, 0.3) is 0 Å². The number of amides is 3. The minimum absolute atomic E-state index is 0.0793. The van der Waals surface area contributed by atoms with E-state index in [0.29, 0.717) is 30.8 Å². The number of urea groups is 1. The molecule has 160 valence electrons. The van der Waals surface area contributed by atoms with Gasteiger partial charge in [-0.05, 0) is 48.4 Å². The van der Waals surface area contributed by atoms with E-state index >= 15 is 0 Å². The van der Waals surface area contributed by atoms with Gasteiger partial charge in [-0.1, -0.05) is 12.1 Å². The second kappa shape index (κ2) is 9.06. The van der Waals surface area contributed by atoms with Crippen molar-refractivity contribution in [1.29, 1.82) is 0 Å². The number of hydrogen-bond donors (Lipinski definition) is 2. The molecule has 1 saturated heterocycles. The van der Waals surface area contributed by atoms with E-state index in [1.54, 1.807) is 29.2 Å². The molecule has 1 atom stereocenters. The van der Waals surface area contributed by atoms with Gasteiger partial charge in [-0.15, -0.1) is 0 Å². The topological polar surface area (TPSA) is 70.7 Å². The number of nitrogens with one attached hydrogen (secondary N) is 2. The Morgan fingerprint density at radius 1 is 1.20 bits per heavy atom. The van der Waals surface area contributed by atoms with Gasteiger partial charge in [0.1, 0.15) is 5.75 Å². The van der Waals surface area contributed by atoms with Crippen LogP contribution in [0.5, 0.6) is 5.75 Å². The maximum absolute atomic E-state index is 13.1. The lowest BCUT2D eigenvalue weighted by atomic mass is 10.0. The Balaban J connectivity index is 1.78. The number of halogens is 3. The van der Waals surface area contributed by atoms with Crippen LogP contribution in [0.1, 0.15) is 30.0 Å². The van der Waals surface area contributed by atoms with Crippen LogP contribution in [-0.2, 0) is 11.0 Å².